The lowest BCUT2D eigenvalue weighted by atomic mass is 9.30. The number of carbonyl (C=O) groups is 1. The largest absolute Gasteiger partial charge is 0.299 e. The van der Waals surface area contributed by atoms with Gasteiger partial charge in [0, 0.05) is 12.3 Å². The van der Waals surface area contributed by atoms with Crippen LogP contribution in [0.25, 0.3) is 0 Å². The number of ketones is 1. The van der Waals surface area contributed by atoms with E-state index in [1.54, 1.807) is 0 Å². The molecule has 0 saturated heterocycles. The van der Waals surface area contributed by atoms with Crippen molar-refractivity contribution in [2.45, 2.75) is 126 Å². The molecule has 0 aromatic carbocycles. The topological polar surface area (TPSA) is 17.1 Å². The Morgan fingerprint density at radius 3 is 2.06 bits per heavy atom. The maximum Gasteiger partial charge on any atom is 0.137 e. The standard InChI is InChI=1S/C30H50O/c1-20-10-9-11-22-27(5)15-17-29(7)23-19-25(2,3)12-13-26(23,4)14-16-30(29,8)24(27)21(31)18-28(20,22)6/h20,22-24H,9-19H2,1-8H3/t20-,22-,23+,24+,26+,27-,28+,29-,30+/m0/s1. The smallest absolute Gasteiger partial charge is 0.137 e. The maximum absolute atomic E-state index is 14.2. The number of rotatable bonds is 0. The van der Waals surface area contributed by atoms with Crippen LogP contribution in [-0.2, 0) is 4.79 Å². The summed E-state index contributed by atoms with van der Waals surface area (Å²) in [5, 5.41) is 0. The van der Waals surface area contributed by atoms with Crippen molar-refractivity contribution in [1.29, 1.82) is 0 Å². The van der Waals surface area contributed by atoms with E-state index < -0.39 is 0 Å². The summed E-state index contributed by atoms with van der Waals surface area (Å²) in [6.07, 6.45) is 14.3. The van der Waals surface area contributed by atoms with Crippen LogP contribution >= 0.6 is 0 Å². The molecular formula is C30H50O. The Labute approximate surface area is 192 Å². The molecule has 0 aromatic heterocycles. The number of Topliss-reactive ketones (excluding diaryl/α,β-unsaturated/α-hetero) is 1. The summed E-state index contributed by atoms with van der Waals surface area (Å²) >= 11 is 0. The quantitative estimate of drug-likeness (QED) is 0.379. The molecule has 0 unspecified atom stereocenters. The van der Waals surface area contributed by atoms with Crippen LogP contribution in [0.15, 0.2) is 0 Å². The van der Waals surface area contributed by atoms with Gasteiger partial charge in [0.1, 0.15) is 5.78 Å². The van der Waals surface area contributed by atoms with Crippen molar-refractivity contribution in [1.82, 2.24) is 0 Å². The Morgan fingerprint density at radius 1 is 0.710 bits per heavy atom. The van der Waals surface area contributed by atoms with Crippen LogP contribution in [0.5, 0.6) is 0 Å². The number of hydrogen-bond acceptors (Lipinski definition) is 1. The fraction of sp³-hybridized carbons (Fsp3) is 0.967. The second-order valence-electron chi connectivity index (χ2n) is 15.4. The molecule has 0 amide bonds. The van der Waals surface area contributed by atoms with E-state index in [-0.39, 0.29) is 22.2 Å². The van der Waals surface area contributed by atoms with Gasteiger partial charge in [-0.3, -0.25) is 4.79 Å². The summed E-state index contributed by atoms with van der Waals surface area (Å²) in [5.41, 5.74) is 1.89. The first-order valence-corrected chi connectivity index (χ1v) is 13.7. The van der Waals surface area contributed by atoms with E-state index in [9.17, 15) is 4.79 Å². The molecule has 5 fully saturated rings. The van der Waals surface area contributed by atoms with E-state index in [0.717, 1.165) is 18.3 Å². The van der Waals surface area contributed by atoms with Crippen LogP contribution in [-0.4, -0.2) is 5.78 Å². The molecule has 5 aliphatic carbocycles. The zero-order valence-corrected chi connectivity index (χ0v) is 22.0. The second kappa shape index (κ2) is 6.41. The van der Waals surface area contributed by atoms with E-state index in [2.05, 4.69) is 55.4 Å². The van der Waals surface area contributed by atoms with E-state index in [4.69, 9.17) is 0 Å². The Balaban J connectivity index is 1.59. The summed E-state index contributed by atoms with van der Waals surface area (Å²) in [5.74, 6) is 3.16. The van der Waals surface area contributed by atoms with Gasteiger partial charge in [-0.05, 0) is 102 Å². The van der Waals surface area contributed by atoms with Crippen LogP contribution in [0.2, 0.25) is 0 Å². The van der Waals surface area contributed by atoms with Gasteiger partial charge in [0.15, 0.2) is 0 Å². The van der Waals surface area contributed by atoms with Gasteiger partial charge in [0.2, 0.25) is 0 Å². The zero-order valence-electron chi connectivity index (χ0n) is 22.0. The molecule has 0 N–H and O–H groups in total. The molecule has 1 nitrogen and oxygen atoms in total. The predicted molar refractivity (Wildman–Crippen MR) is 130 cm³/mol. The van der Waals surface area contributed by atoms with Gasteiger partial charge in [0.25, 0.3) is 0 Å². The fourth-order valence-corrected chi connectivity index (χ4v) is 11.1. The summed E-state index contributed by atoms with van der Waals surface area (Å²) < 4.78 is 0. The highest BCUT2D eigenvalue weighted by Crippen LogP contribution is 2.77. The molecule has 5 aliphatic rings. The van der Waals surface area contributed by atoms with Crippen molar-refractivity contribution >= 4 is 5.78 Å². The maximum atomic E-state index is 14.2. The van der Waals surface area contributed by atoms with Crippen LogP contribution in [0.4, 0.5) is 0 Å². The molecule has 0 radical (unpaired) electrons. The molecule has 0 bridgehead atoms. The van der Waals surface area contributed by atoms with E-state index in [1.807, 2.05) is 0 Å². The van der Waals surface area contributed by atoms with Gasteiger partial charge in [-0.1, -0.05) is 68.2 Å². The highest BCUT2D eigenvalue weighted by atomic mass is 16.1. The lowest BCUT2D eigenvalue weighted by molar-refractivity contribution is -0.247. The van der Waals surface area contributed by atoms with Crippen molar-refractivity contribution < 1.29 is 4.79 Å². The molecule has 5 rings (SSSR count). The number of hydrogen-bond donors (Lipinski definition) is 0. The minimum absolute atomic E-state index is 0.177. The molecule has 31 heavy (non-hydrogen) atoms. The minimum Gasteiger partial charge on any atom is -0.299 e. The third-order valence-corrected chi connectivity index (χ3v) is 13.5. The van der Waals surface area contributed by atoms with E-state index in [1.165, 1.54) is 64.2 Å². The zero-order chi connectivity index (χ0) is 22.7. The van der Waals surface area contributed by atoms with Crippen molar-refractivity contribution in [3.05, 3.63) is 0 Å². The average Bonchev–Trinajstić information content (AvgIpc) is 2.67. The Bertz CT molecular complexity index is 781. The van der Waals surface area contributed by atoms with Crippen LogP contribution in [0, 0.1) is 56.2 Å². The molecule has 0 spiro atoms. The Kier molecular flexibility index (Phi) is 4.65. The van der Waals surface area contributed by atoms with Gasteiger partial charge in [-0.25, -0.2) is 0 Å². The predicted octanol–water partition coefficient (Wildman–Crippen LogP) is 8.46. The minimum atomic E-state index is 0.177. The van der Waals surface area contributed by atoms with Crippen LogP contribution < -0.4 is 0 Å². The molecular weight excluding hydrogens is 376 g/mol. The monoisotopic (exact) mass is 426 g/mol. The second-order valence-corrected chi connectivity index (χ2v) is 15.4. The van der Waals surface area contributed by atoms with Crippen molar-refractivity contribution in [3.63, 3.8) is 0 Å². The van der Waals surface area contributed by atoms with Crippen LogP contribution in [0.3, 0.4) is 0 Å². The Hall–Kier alpha value is -0.330. The summed E-state index contributed by atoms with van der Waals surface area (Å²) in [6, 6.07) is 0. The van der Waals surface area contributed by atoms with Crippen molar-refractivity contribution in [2.24, 2.45) is 56.2 Å². The summed E-state index contributed by atoms with van der Waals surface area (Å²) in [6.45, 7) is 20.4. The highest BCUT2D eigenvalue weighted by molar-refractivity contribution is 5.85. The summed E-state index contributed by atoms with van der Waals surface area (Å²) in [7, 11) is 0. The first kappa shape index (κ1) is 22.5. The third kappa shape index (κ3) is 2.70. The molecule has 1 heteroatoms. The molecule has 5 saturated carbocycles. The SMILES string of the molecule is C[C@H]1CCC[C@H]2[C@]3(C)CC[C@@]4(C)[C@@H]5CC(C)(C)CC[C@]5(C)CC[C@]4(C)[C@@H]3C(=O)C[C@@]21C. The van der Waals surface area contributed by atoms with Gasteiger partial charge in [-0.2, -0.15) is 0 Å². The van der Waals surface area contributed by atoms with Crippen LogP contribution in [0.1, 0.15) is 126 Å². The fourth-order valence-electron chi connectivity index (χ4n) is 11.1. The van der Waals surface area contributed by atoms with Gasteiger partial charge in [-0.15, -0.1) is 0 Å². The first-order valence-electron chi connectivity index (χ1n) is 13.7. The molecule has 9 atom stereocenters. The van der Waals surface area contributed by atoms with Crippen molar-refractivity contribution in [3.8, 4) is 0 Å². The highest BCUT2D eigenvalue weighted by Gasteiger charge is 2.72. The average molecular weight is 427 g/mol. The molecule has 0 aliphatic heterocycles. The molecule has 0 heterocycles. The number of carbonyl (C=O) groups excluding carboxylic acids is 1. The van der Waals surface area contributed by atoms with Gasteiger partial charge >= 0.3 is 0 Å². The summed E-state index contributed by atoms with van der Waals surface area (Å²) in [4.78, 5) is 14.2. The molecule has 0 aromatic rings. The third-order valence-electron chi connectivity index (χ3n) is 13.5. The lowest BCUT2D eigenvalue weighted by Gasteiger charge is -2.74. The molecule has 176 valence electrons. The van der Waals surface area contributed by atoms with Crippen molar-refractivity contribution in [2.75, 3.05) is 0 Å². The first-order chi connectivity index (χ1) is 14.2. The van der Waals surface area contributed by atoms with Gasteiger partial charge < -0.3 is 0 Å². The number of fused-ring (bicyclic) bond motifs is 7. The Morgan fingerprint density at radius 2 is 1.35 bits per heavy atom. The lowest BCUT2D eigenvalue weighted by Crippen LogP contribution is -2.69. The normalized spacial score (nSPS) is 58.5. The van der Waals surface area contributed by atoms with Gasteiger partial charge in [0.05, 0.1) is 0 Å². The van der Waals surface area contributed by atoms with E-state index in [0.29, 0.717) is 27.9 Å². The van der Waals surface area contributed by atoms with E-state index >= 15 is 0 Å².